The van der Waals surface area contributed by atoms with Crippen molar-refractivity contribution in [2.45, 2.75) is 13.8 Å². The Morgan fingerprint density at radius 2 is 1.95 bits per heavy atom. The molecule has 2 aromatic carbocycles. The van der Waals surface area contributed by atoms with Gasteiger partial charge in [0.2, 0.25) is 5.91 Å². The van der Waals surface area contributed by atoms with Crippen LogP contribution in [-0.4, -0.2) is 13.0 Å². The quantitative estimate of drug-likeness (QED) is 0.618. The van der Waals surface area contributed by atoms with Crippen LogP contribution in [0, 0.1) is 19.9 Å². The topological polar surface area (TPSA) is 50.4 Å². The van der Waals surface area contributed by atoms with Crippen molar-refractivity contribution in [3.8, 4) is 5.75 Å². The number of hydrogen-bond acceptors (Lipinski definition) is 3. The van der Waals surface area contributed by atoms with Gasteiger partial charge in [-0.3, -0.25) is 15.6 Å². The molecule has 4 nitrogen and oxygen atoms in total. The van der Waals surface area contributed by atoms with Crippen molar-refractivity contribution in [2.75, 3.05) is 12.5 Å². The van der Waals surface area contributed by atoms with Crippen LogP contribution in [0.3, 0.4) is 0 Å². The van der Waals surface area contributed by atoms with Crippen LogP contribution in [0.15, 0.2) is 30.3 Å². The summed E-state index contributed by atoms with van der Waals surface area (Å²) in [5.41, 5.74) is 8.98. The van der Waals surface area contributed by atoms with E-state index in [2.05, 4.69) is 16.9 Å². The van der Waals surface area contributed by atoms with Crippen LogP contribution in [0.5, 0.6) is 5.75 Å². The molecule has 0 aliphatic heterocycles. The second kappa shape index (κ2) is 8.51. The number of carbonyl (C=O) groups is 1. The normalized spacial score (nSPS) is 9.64. The Labute approximate surface area is 160 Å². The van der Waals surface area contributed by atoms with Gasteiger partial charge < -0.3 is 4.74 Å². The number of halogens is 1. The molecule has 0 aromatic heterocycles. The van der Waals surface area contributed by atoms with E-state index in [1.807, 2.05) is 32.0 Å². The molecule has 6 heteroatoms. The monoisotopic (exact) mass is 392 g/mol. The molecule has 0 aliphatic rings. The molecule has 0 fully saturated rings. The fourth-order valence-electron chi connectivity index (χ4n) is 1.81. The van der Waals surface area contributed by atoms with Gasteiger partial charge in [-0.05, 0) is 42.7 Å². The third kappa shape index (κ3) is 4.70. The molecular formula is C16H16ClN2O2Y-. The van der Waals surface area contributed by atoms with Gasteiger partial charge in [0.15, 0.2) is 0 Å². The van der Waals surface area contributed by atoms with Crippen molar-refractivity contribution in [1.82, 2.24) is 5.43 Å². The van der Waals surface area contributed by atoms with Crippen LogP contribution in [0.4, 0.5) is 5.69 Å². The van der Waals surface area contributed by atoms with Crippen molar-refractivity contribution in [3.63, 3.8) is 0 Å². The standard InChI is InChI=1S/C16H16ClN2O2.Y/c1-10-4-6-13(8-11(10)2)18-19-16(20)14-9-12(17)5-7-15(14)21-3;/h4,6-9,18H,1-3H3,(H,19,20);/q-1;. The van der Waals surface area contributed by atoms with Crippen LogP contribution in [0.1, 0.15) is 21.5 Å². The molecule has 1 radical (unpaired) electrons. The van der Waals surface area contributed by atoms with Crippen LogP contribution in [0.25, 0.3) is 0 Å². The van der Waals surface area contributed by atoms with E-state index in [1.54, 1.807) is 0 Å². The van der Waals surface area contributed by atoms with E-state index in [0.717, 1.165) is 11.3 Å². The number of rotatable bonds is 4. The molecule has 2 aromatic rings. The zero-order valence-corrected chi connectivity index (χ0v) is 16.3. The molecule has 1 amide bonds. The predicted molar refractivity (Wildman–Crippen MR) is 83.8 cm³/mol. The number of aryl methyl sites for hydroxylation is 2. The van der Waals surface area contributed by atoms with Gasteiger partial charge in [0, 0.05) is 38.5 Å². The maximum atomic E-state index is 12.2. The van der Waals surface area contributed by atoms with Crippen molar-refractivity contribution in [1.29, 1.82) is 0 Å². The SMILES string of the molecule is COc1c[c-]c(Cl)cc1C(=O)NNc1ccc(C)c(C)c1.[Y]. The Balaban J connectivity index is 0.00000242. The maximum Gasteiger partial charge on any atom is 0.248 e. The molecule has 22 heavy (non-hydrogen) atoms. The number of benzene rings is 2. The third-order valence-corrected chi connectivity index (χ3v) is 3.39. The van der Waals surface area contributed by atoms with Gasteiger partial charge in [-0.15, -0.1) is 23.7 Å². The summed E-state index contributed by atoms with van der Waals surface area (Å²) in [5, 5.41) is 0.354. The Bertz CT molecular complexity index is 677. The maximum absolute atomic E-state index is 12.2. The average Bonchev–Trinajstić information content (AvgIpc) is 2.48. The number of anilines is 1. The van der Waals surface area contributed by atoms with Gasteiger partial charge in [0.05, 0.1) is 12.8 Å². The Morgan fingerprint density at radius 1 is 1.23 bits per heavy atom. The molecule has 0 saturated heterocycles. The number of methoxy groups -OCH3 is 1. The van der Waals surface area contributed by atoms with Gasteiger partial charge in [-0.25, -0.2) is 0 Å². The zero-order chi connectivity index (χ0) is 15.4. The number of ether oxygens (including phenoxy) is 1. The summed E-state index contributed by atoms with van der Waals surface area (Å²) in [6.07, 6.45) is 0. The average molecular weight is 393 g/mol. The summed E-state index contributed by atoms with van der Waals surface area (Å²) >= 11 is 5.86. The van der Waals surface area contributed by atoms with E-state index in [9.17, 15) is 4.79 Å². The van der Waals surface area contributed by atoms with Crippen molar-refractivity contribution in [3.05, 3.63) is 58.1 Å². The summed E-state index contributed by atoms with van der Waals surface area (Å²) < 4.78 is 5.13. The van der Waals surface area contributed by atoms with Gasteiger partial charge >= 0.3 is 0 Å². The summed E-state index contributed by atoms with van der Waals surface area (Å²) in [5.74, 6) is 0.0831. The van der Waals surface area contributed by atoms with Crippen LogP contribution in [0.2, 0.25) is 5.02 Å². The fraction of sp³-hybridized carbons (Fsp3) is 0.188. The van der Waals surface area contributed by atoms with Crippen molar-refractivity contribution >= 4 is 23.2 Å². The van der Waals surface area contributed by atoms with Crippen LogP contribution >= 0.6 is 11.6 Å². The molecule has 0 bridgehead atoms. The minimum Gasteiger partial charge on any atom is -0.553 e. The molecule has 0 unspecified atom stereocenters. The minimum atomic E-state index is -0.332. The number of nitrogens with one attached hydrogen (secondary N) is 2. The van der Waals surface area contributed by atoms with Gasteiger partial charge in [0.1, 0.15) is 0 Å². The number of hydrazine groups is 1. The largest absolute Gasteiger partial charge is 0.553 e. The summed E-state index contributed by atoms with van der Waals surface area (Å²) in [7, 11) is 1.49. The Kier molecular flexibility index (Phi) is 7.33. The Hall–Kier alpha value is -1.10. The molecule has 0 aliphatic carbocycles. The third-order valence-electron chi connectivity index (χ3n) is 3.17. The summed E-state index contributed by atoms with van der Waals surface area (Å²) in [6.45, 7) is 4.04. The van der Waals surface area contributed by atoms with Gasteiger partial charge in [-0.1, -0.05) is 11.1 Å². The molecule has 0 spiro atoms. The molecule has 0 saturated carbocycles. The first-order valence-electron chi connectivity index (χ1n) is 6.40. The van der Waals surface area contributed by atoms with E-state index in [0.29, 0.717) is 16.3 Å². The molecule has 2 rings (SSSR count). The molecule has 113 valence electrons. The first-order valence-corrected chi connectivity index (χ1v) is 6.78. The summed E-state index contributed by atoms with van der Waals surface area (Å²) in [6, 6.07) is 11.7. The van der Waals surface area contributed by atoms with Crippen LogP contribution in [-0.2, 0) is 32.7 Å². The predicted octanol–water partition coefficient (Wildman–Crippen LogP) is 3.52. The number of hydrogen-bond donors (Lipinski definition) is 2. The molecule has 0 atom stereocenters. The van der Waals surface area contributed by atoms with E-state index >= 15 is 0 Å². The van der Waals surface area contributed by atoms with E-state index in [4.69, 9.17) is 16.3 Å². The van der Waals surface area contributed by atoms with E-state index in [-0.39, 0.29) is 38.6 Å². The second-order valence-electron chi connectivity index (χ2n) is 4.64. The first-order chi connectivity index (χ1) is 10.0. The zero-order valence-electron chi connectivity index (χ0n) is 12.7. The smallest absolute Gasteiger partial charge is 0.248 e. The number of amides is 1. The van der Waals surface area contributed by atoms with Gasteiger partial charge in [0.25, 0.3) is 0 Å². The van der Waals surface area contributed by atoms with Crippen molar-refractivity contribution in [2.24, 2.45) is 0 Å². The fourth-order valence-corrected chi connectivity index (χ4v) is 1.98. The number of carbonyl (C=O) groups excluding carboxylic acids is 1. The van der Waals surface area contributed by atoms with E-state index < -0.39 is 0 Å². The van der Waals surface area contributed by atoms with Crippen LogP contribution < -0.4 is 15.6 Å². The van der Waals surface area contributed by atoms with Gasteiger partial charge in [-0.2, -0.15) is 6.07 Å². The molecular weight excluding hydrogens is 377 g/mol. The van der Waals surface area contributed by atoms with Crippen molar-refractivity contribution < 1.29 is 42.2 Å². The minimum absolute atomic E-state index is 0. The molecule has 0 heterocycles. The Morgan fingerprint density at radius 3 is 2.59 bits per heavy atom. The first kappa shape index (κ1) is 19.0. The second-order valence-corrected chi connectivity index (χ2v) is 5.05. The molecule has 2 N–H and O–H groups in total. The van der Waals surface area contributed by atoms with E-state index in [1.165, 1.54) is 24.8 Å². The summed E-state index contributed by atoms with van der Waals surface area (Å²) in [4.78, 5) is 12.2.